The van der Waals surface area contributed by atoms with E-state index in [0.29, 0.717) is 18.6 Å². The average molecular weight is 311 g/mol. The maximum Gasteiger partial charge on any atom is 0.186 e. The van der Waals surface area contributed by atoms with Crippen LogP contribution >= 0.6 is 11.3 Å². The van der Waals surface area contributed by atoms with E-state index >= 15 is 0 Å². The van der Waals surface area contributed by atoms with Crippen LogP contribution in [0.2, 0.25) is 0 Å². The third-order valence-electron chi connectivity index (χ3n) is 3.93. The molecule has 0 spiro atoms. The number of thiazole rings is 1. The van der Waals surface area contributed by atoms with Gasteiger partial charge in [0.15, 0.2) is 5.13 Å². The van der Waals surface area contributed by atoms with Crippen molar-refractivity contribution in [2.45, 2.75) is 59.2 Å². The normalized spacial score (nSPS) is 19.5. The van der Waals surface area contributed by atoms with E-state index in [1.807, 2.05) is 11.3 Å². The number of ether oxygens (including phenoxy) is 1. The molecule has 2 heterocycles. The number of nitrogens with zero attached hydrogens (tertiary/aromatic N) is 2. The van der Waals surface area contributed by atoms with Crippen molar-refractivity contribution in [2.24, 2.45) is 5.92 Å². The maximum absolute atomic E-state index is 5.32. The SMILES string of the molecule is COCc1nc(N2CCCCC2C)sc1CNCC(C)C. The molecular weight excluding hydrogens is 282 g/mol. The molecule has 1 aliphatic heterocycles. The lowest BCUT2D eigenvalue weighted by Crippen LogP contribution is -2.37. The zero-order chi connectivity index (χ0) is 15.2. The highest BCUT2D eigenvalue weighted by atomic mass is 32.1. The Labute approximate surface area is 132 Å². The average Bonchev–Trinajstić information content (AvgIpc) is 2.82. The third kappa shape index (κ3) is 4.66. The van der Waals surface area contributed by atoms with Gasteiger partial charge in [0, 0.05) is 31.1 Å². The zero-order valence-corrected chi connectivity index (χ0v) is 14.6. The minimum atomic E-state index is 0.608. The zero-order valence-electron chi connectivity index (χ0n) is 13.8. The van der Waals surface area contributed by atoms with E-state index in [-0.39, 0.29) is 0 Å². The fourth-order valence-corrected chi connectivity index (χ4v) is 3.90. The summed E-state index contributed by atoms with van der Waals surface area (Å²) in [6.07, 6.45) is 3.90. The Kier molecular flexibility index (Phi) is 6.45. The van der Waals surface area contributed by atoms with Crippen LogP contribution in [0.5, 0.6) is 0 Å². The maximum atomic E-state index is 5.32. The number of methoxy groups -OCH3 is 1. The molecule has 1 fully saturated rings. The summed E-state index contributed by atoms with van der Waals surface area (Å²) in [5.74, 6) is 0.672. The number of nitrogens with one attached hydrogen (secondary N) is 1. The second-order valence-electron chi connectivity index (χ2n) is 6.36. The molecular formula is C16H29N3OS. The van der Waals surface area contributed by atoms with Gasteiger partial charge in [0.2, 0.25) is 0 Å². The van der Waals surface area contributed by atoms with E-state index in [0.717, 1.165) is 25.3 Å². The first kappa shape index (κ1) is 16.7. The van der Waals surface area contributed by atoms with Crippen LogP contribution in [-0.2, 0) is 17.9 Å². The van der Waals surface area contributed by atoms with Crippen LogP contribution in [0.1, 0.15) is 50.6 Å². The van der Waals surface area contributed by atoms with Gasteiger partial charge in [-0.1, -0.05) is 13.8 Å². The fraction of sp³-hybridized carbons (Fsp3) is 0.812. The lowest BCUT2D eigenvalue weighted by Gasteiger charge is -2.33. The van der Waals surface area contributed by atoms with Gasteiger partial charge in [0.25, 0.3) is 0 Å². The van der Waals surface area contributed by atoms with Crippen molar-refractivity contribution in [1.29, 1.82) is 0 Å². The lowest BCUT2D eigenvalue weighted by atomic mass is 10.1. The molecule has 0 bridgehead atoms. The van der Waals surface area contributed by atoms with Crippen LogP contribution in [0.25, 0.3) is 0 Å². The van der Waals surface area contributed by atoms with Gasteiger partial charge in [-0.05, 0) is 38.6 Å². The Balaban J connectivity index is 2.08. The summed E-state index contributed by atoms with van der Waals surface area (Å²) >= 11 is 1.83. The van der Waals surface area contributed by atoms with E-state index in [4.69, 9.17) is 9.72 Å². The number of anilines is 1. The van der Waals surface area contributed by atoms with Crippen molar-refractivity contribution < 1.29 is 4.74 Å². The molecule has 1 aromatic heterocycles. The molecule has 21 heavy (non-hydrogen) atoms. The Morgan fingerprint density at radius 3 is 2.90 bits per heavy atom. The van der Waals surface area contributed by atoms with E-state index in [2.05, 4.69) is 31.0 Å². The summed E-state index contributed by atoms with van der Waals surface area (Å²) in [7, 11) is 1.74. The molecule has 1 atom stereocenters. The first-order valence-corrected chi connectivity index (χ1v) is 8.88. The van der Waals surface area contributed by atoms with Crippen molar-refractivity contribution in [3.05, 3.63) is 10.6 Å². The van der Waals surface area contributed by atoms with E-state index < -0.39 is 0 Å². The Bertz CT molecular complexity index is 433. The summed E-state index contributed by atoms with van der Waals surface area (Å²) in [6.45, 7) is 10.5. The number of hydrogen-bond acceptors (Lipinski definition) is 5. The highest BCUT2D eigenvalue weighted by molar-refractivity contribution is 7.15. The quantitative estimate of drug-likeness (QED) is 0.837. The molecule has 1 unspecified atom stereocenters. The van der Waals surface area contributed by atoms with Crippen molar-refractivity contribution in [3.63, 3.8) is 0 Å². The highest BCUT2D eigenvalue weighted by Gasteiger charge is 2.23. The van der Waals surface area contributed by atoms with Crippen molar-refractivity contribution >= 4 is 16.5 Å². The molecule has 1 aromatic rings. The third-order valence-corrected chi connectivity index (χ3v) is 5.07. The summed E-state index contributed by atoms with van der Waals surface area (Å²) in [5.41, 5.74) is 1.10. The van der Waals surface area contributed by atoms with Crippen LogP contribution in [0.4, 0.5) is 5.13 Å². The van der Waals surface area contributed by atoms with Gasteiger partial charge in [-0.3, -0.25) is 0 Å². The molecule has 1 saturated heterocycles. The van der Waals surface area contributed by atoms with Gasteiger partial charge < -0.3 is 15.0 Å². The van der Waals surface area contributed by atoms with Gasteiger partial charge in [-0.2, -0.15) is 0 Å². The molecule has 0 aromatic carbocycles. The first-order chi connectivity index (χ1) is 10.1. The van der Waals surface area contributed by atoms with Crippen LogP contribution in [0.15, 0.2) is 0 Å². The molecule has 0 saturated carbocycles. The van der Waals surface area contributed by atoms with E-state index in [1.165, 1.54) is 29.3 Å². The predicted molar refractivity (Wildman–Crippen MR) is 90.0 cm³/mol. The standard InChI is InChI=1S/C16H29N3OS/c1-12(2)9-17-10-15-14(11-20-4)18-16(21-15)19-8-6-5-7-13(19)3/h12-13,17H,5-11H2,1-4H3. The monoisotopic (exact) mass is 311 g/mol. The topological polar surface area (TPSA) is 37.4 Å². The van der Waals surface area contributed by atoms with Crippen molar-refractivity contribution in [2.75, 3.05) is 25.1 Å². The highest BCUT2D eigenvalue weighted by Crippen LogP contribution is 2.31. The number of rotatable bonds is 7. The van der Waals surface area contributed by atoms with Crippen LogP contribution in [0, 0.1) is 5.92 Å². The molecule has 5 heteroatoms. The molecule has 1 N–H and O–H groups in total. The minimum Gasteiger partial charge on any atom is -0.378 e. The largest absolute Gasteiger partial charge is 0.378 e. The van der Waals surface area contributed by atoms with Crippen LogP contribution in [0.3, 0.4) is 0 Å². The number of piperidine rings is 1. The van der Waals surface area contributed by atoms with Gasteiger partial charge in [-0.25, -0.2) is 4.98 Å². The van der Waals surface area contributed by atoms with Crippen LogP contribution in [-0.4, -0.2) is 31.2 Å². The van der Waals surface area contributed by atoms with Gasteiger partial charge >= 0.3 is 0 Å². The fourth-order valence-electron chi connectivity index (χ4n) is 2.74. The van der Waals surface area contributed by atoms with Gasteiger partial charge in [-0.15, -0.1) is 11.3 Å². The summed E-state index contributed by atoms with van der Waals surface area (Å²) in [4.78, 5) is 8.65. The Hall–Kier alpha value is -0.650. The Morgan fingerprint density at radius 1 is 1.43 bits per heavy atom. The number of hydrogen-bond donors (Lipinski definition) is 1. The first-order valence-electron chi connectivity index (χ1n) is 8.06. The molecule has 120 valence electrons. The van der Waals surface area contributed by atoms with Crippen LogP contribution < -0.4 is 10.2 Å². The molecule has 0 amide bonds. The van der Waals surface area contributed by atoms with E-state index in [1.54, 1.807) is 7.11 Å². The lowest BCUT2D eigenvalue weighted by molar-refractivity contribution is 0.181. The molecule has 0 aliphatic carbocycles. The second kappa shape index (κ2) is 8.11. The van der Waals surface area contributed by atoms with Gasteiger partial charge in [0.05, 0.1) is 12.3 Å². The van der Waals surface area contributed by atoms with Crippen molar-refractivity contribution in [1.82, 2.24) is 10.3 Å². The summed E-state index contributed by atoms with van der Waals surface area (Å²) < 4.78 is 5.32. The Morgan fingerprint density at radius 2 is 2.24 bits per heavy atom. The molecule has 2 rings (SSSR count). The van der Waals surface area contributed by atoms with E-state index in [9.17, 15) is 0 Å². The number of aromatic nitrogens is 1. The minimum absolute atomic E-state index is 0.608. The predicted octanol–water partition coefficient (Wildman–Crippen LogP) is 3.41. The van der Waals surface area contributed by atoms with Crippen molar-refractivity contribution in [3.8, 4) is 0 Å². The smallest absolute Gasteiger partial charge is 0.186 e. The van der Waals surface area contributed by atoms with Gasteiger partial charge in [0.1, 0.15) is 0 Å². The molecule has 0 radical (unpaired) electrons. The summed E-state index contributed by atoms with van der Waals surface area (Å²) in [5, 5.41) is 4.70. The molecule has 4 nitrogen and oxygen atoms in total. The summed E-state index contributed by atoms with van der Waals surface area (Å²) in [6, 6.07) is 0.608. The second-order valence-corrected chi connectivity index (χ2v) is 7.42. The molecule has 1 aliphatic rings.